The average Bonchev–Trinajstić information content (AvgIpc) is 2.76. The Morgan fingerprint density at radius 3 is 2.48 bits per heavy atom. The largest absolute Gasteiger partial charge is 0.327 e. The highest BCUT2D eigenvalue weighted by molar-refractivity contribution is 8.00. The number of nitrogens with two attached hydrogens (primary N) is 1. The second-order valence-electron chi connectivity index (χ2n) is 6.85. The summed E-state index contributed by atoms with van der Waals surface area (Å²) >= 11 is 1.83. The van der Waals surface area contributed by atoms with Crippen molar-refractivity contribution in [3.63, 3.8) is 0 Å². The van der Waals surface area contributed by atoms with Crippen LogP contribution in [-0.2, 0) is 4.79 Å². The minimum absolute atomic E-state index is 0.0774. The fraction of sp³-hybridized carbons (Fsp3) is 0.588. The molecular weight excluding hydrogens is 280 g/mol. The zero-order chi connectivity index (χ0) is 15.5. The molecule has 0 saturated heterocycles. The van der Waals surface area contributed by atoms with Crippen LogP contribution in [0.1, 0.15) is 46.5 Å². The van der Waals surface area contributed by atoms with E-state index in [0.29, 0.717) is 12.3 Å². The summed E-state index contributed by atoms with van der Waals surface area (Å²) in [6, 6.07) is 8.27. The Kier molecular flexibility index (Phi) is 5.33. The monoisotopic (exact) mass is 306 g/mol. The molecule has 0 bridgehead atoms. The molecule has 0 heterocycles. The summed E-state index contributed by atoms with van der Waals surface area (Å²) in [6.07, 6.45) is 3.82. The Morgan fingerprint density at radius 1 is 1.29 bits per heavy atom. The summed E-state index contributed by atoms with van der Waals surface area (Å²) in [6.45, 7) is 6.58. The van der Waals surface area contributed by atoms with Gasteiger partial charge < -0.3 is 11.1 Å². The number of rotatable bonds is 4. The van der Waals surface area contributed by atoms with Crippen LogP contribution in [-0.4, -0.2) is 16.7 Å². The summed E-state index contributed by atoms with van der Waals surface area (Å²) in [4.78, 5) is 13.3. The van der Waals surface area contributed by atoms with Crippen molar-refractivity contribution in [2.75, 3.05) is 5.32 Å². The van der Waals surface area contributed by atoms with E-state index in [9.17, 15) is 4.79 Å². The molecule has 0 radical (unpaired) electrons. The molecule has 3 N–H and O–H groups in total. The topological polar surface area (TPSA) is 55.1 Å². The van der Waals surface area contributed by atoms with Crippen LogP contribution in [0, 0.1) is 5.92 Å². The first-order valence-corrected chi connectivity index (χ1v) is 8.50. The normalized spacial score (nSPS) is 22.3. The standard InChI is InChI=1S/C17H26N2OS/c1-17(2,3)21-14-9-7-13(8-10-14)19-16(20)11-12-5-4-6-15(12)18/h7-10,12,15H,4-6,11,18H2,1-3H3,(H,19,20)/t12-,15+/m0/s1. The fourth-order valence-electron chi connectivity index (χ4n) is 2.73. The molecule has 0 unspecified atom stereocenters. The van der Waals surface area contributed by atoms with Gasteiger partial charge in [-0.3, -0.25) is 4.79 Å². The van der Waals surface area contributed by atoms with E-state index in [1.807, 2.05) is 23.9 Å². The summed E-state index contributed by atoms with van der Waals surface area (Å²) in [5, 5.41) is 2.98. The van der Waals surface area contributed by atoms with Gasteiger partial charge in [0.2, 0.25) is 5.91 Å². The van der Waals surface area contributed by atoms with Crippen LogP contribution < -0.4 is 11.1 Å². The lowest BCUT2D eigenvalue weighted by Gasteiger charge is -2.18. The molecule has 0 aliphatic heterocycles. The first-order valence-electron chi connectivity index (χ1n) is 7.68. The van der Waals surface area contributed by atoms with Gasteiger partial charge in [0.15, 0.2) is 0 Å². The number of amides is 1. The van der Waals surface area contributed by atoms with Crippen LogP contribution in [0.4, 0.5) is 5.69 Å². The van der Waals surface area contributed by atoms with Gasteiger partial charge in [0.05, 0.1) is 0 Å². The lowest BCUT2D eigenvalue weighted by Crippen LogP contribution is -2.28. The highest BCUT2D eigenvalue weighted by Gasteiger charge is 2.26. The Balaban J connectivity index is 1.86. The van der Waals surface area contributed by atoms with E-state index in [4.69, 9.17) is 5.73 Å². The first-order chi connectivity index (χ1) is 9.83. The van der Waals surface area contributed by atoms with Gasteiger partial charge in [-0.25, -0.2) is 0 Å². The summed E-state index contributed by atoms with van der Waals surface area (Å²) in [5.41, 5.74) is 6.88. The van der Waals surface area contributed by atoms with Crippen LogP contribution >= 0.6 is 11.8 Å². The van der Waals surface area contributed by atoms with Gasteiger partial charge in [0, 0.05) is 27.8 Å². The minimum Gasteiger partial charge on any atom is -0.327 e. The lowest BCUT2D eigenvalue weighted by atomic mass is 10.00. The highest BCUT2D eigenvalue weighted by atomic mass is 32.2. The maximum absolute atomic E-state index is 12.1. The van der Waals surface area contributed by atoms with Crippen LogP contribution in [0.2, 0.25) is 0 Å². The van der Waals surface area contributed by atoms with Crippen LogP contribution in [0.3, 0.4) is 0 Å². The van der Waals surface area contributed by atoms with Gasteiger partial charge in [-0.1, -0.05) is 27.2 Å². The number of hydrogen-bond donors (Lipinski definition) is 2. The maximum Gasteiger partial charge on any atom is 0.224 e. The minimum atomic E-state index is 0.0774. The summed E-state index contributed by atoms with van der Waals surface area (Å²) in [7, 11) is 0. The second-order valence-corrected chi connectivity index (χ2v) is 8.75. The third-order valence-corrected chi connectivity index (χ3v) is 4.85. The van der Waals surface area contributed by atoms with Crippen molar-refractivity contribution in [1.29, 1.82) is 0 Å². The molecule has 1 fully saturated rings. The van der Waals surface area contributed by atoms with Crippen molar-refractivity contribution in [3.05, 3.63) is 24.3 Å². The van der Waals surface area contributed by atoms with Gasteiger partial charge in [-0.05, 0) is 43.0 Å². The van der Waals surface area contributed by atoms with Crippen LogP contribution in [0.25, 0.3) is 0 Å². The van der Waals surface area contributed by atoms with E-state index < -0.39 is 0 Å². The van der Waals surface area contributed by atoms with E-state index in [0.717, 1.165) is 24.9 Å². The molecule has 1 aromatic rings. The fourth-order valence-corrected chi connectivity index (χ4v) is 3.71. The smallest absolute Gasteiger partial charge is 0.224 e. The number of benzene rings is 1. The van der Waals surface area contributed by atoms with Crippen molar-refractivity contribution >= 4 is 23.4 Å². The third kappa shape index (κ3) is 5.36. The number of hydrogen-bond acceptors (Lipinski definition) is 3. The molecule has 116 valence electrons. The zero-order valence-corrected chi connectivity index (χ0v) is 14.0. The van der Waals surface area contributed by atoms with E-state index in [2.05, 4.69) is 38.2 Å². The van der Waals surface area contributed by atoms with Crippen molar-refractivity contribution in [3.8, 4) is 0 Å². The molecule has 1 aliphatic rings. The molecule has 3 nitrogen and oxygen atoms in total. The predicted octanol–water partition coefficient (Wildman–Crippen LogP) is 4.03. The number of carbonyl (C=O) groups is 1. The van der Waals surface area contributed by atoms with Gasteiger partial charge in [0.25, 0.3) is 0 Å². The molecule has 2 rings (SSSR count). The molecule has 2 atom stereocenters. The molecule has 1 amide bonds. The van der Waals surface area contributed by atoms with Gasteiger partial charge in [-0.15, -0.1) is 11.8 Å². The van der Waals surface area contributed by atoms with Crippen molar-refractivity contribution < 1.29 is 4.79 Å². The molecule has 21 heavy (non-hydrogen) atoms. The molecule has 1 aliphatic carbocycles. The van der Waals surface area contributed by atoms with Gasteiger partial charge in [0.1, 0.15) is 0 Å². The number of thioether (sulfide) groups is 1. The SMILES string of the molecule is CC(C)(C)Sc1ccc(NC(=O)C[C@@H]2CCC[C@H]2N)cc1. The molecule has 0 aromatic heterocycles. The lowest BCUT2D eigenvalue weighted by molar-refractivity contribution is -0.117. The van der Waals surface area contributed by atoms with E-state index in [1.165, 1.54) is 4.90 Å². The van der Waals surface area contributed by atoms with E-state index >= 15 is 0 Å². The number of nitrogens with one attached hydrogen (secondary N) is 1. The molecule has 0 spiro atoms. The Hall–Kier alpha value is -1.00. The van der Waals surface area contributed by atoms with Gasteiger partial charge >= 0.3 is 0 Å². The van der Waals surface area contributed by atoms with Crippen LogP contribution in [0.5, 0.6) is 0 Å². The quantitative estimate of drug-likeness (QED) is 0.826. The molecule has 4 heteroatoms. The number of anilines is 1. The van der Waals surface area contributed by atoms with E-state index in [1.54, 1.807) is 0 Å². The van der Waals surface area contributed by atoms with Crippen molar-refractivity contribution in [2.45, 2.75) is 62.1 Å². The molecule has 1 aromatic carbocycles. The van der Waals surface area contributed by atoms with Gasteiger partial charge in [-0.2, -0.15) is 0 Å². The predicted molar refractivity (Wildman–Crippen MR) is 90.6 cm³/mol. The third-order valence-electron chi connectivity index (χ3n) is 3.73. The Bertz CT molecular complexity index is 479. The summed E-state index contributed by atoms with van der Waals surface area (Å²) in [5.74, 6) is 0.425. The Labute approximate surface area is 132 Å². The van der Waals surface area contributed by atoms with Crippen molar-refractivity contribution in [1.82, 2.24) is 0 Å². The highest BCUT2D eigenvalue weighted by Crippen LogP contribution is 2.32. The first kappa shape index (κ1) is 16.4. The van der Waals surface area contributed by atoms with Crippen LogP contribution in [0.15, 0.2) is 29.2 Å². The molecule has 1 saturated carbocycles. The summed E-state index contributed by atoms with van der Waals surface area (Å²) < 4.78 is 0.198. The number of carbonyl (C=O) groups excluding carboxylic acids is 1. The van der Waals surface area contributed by atoms with Crippen molar-refractivity contribution in [2.24, 2.45) is 11.7 Å². The van der Waals surface area contributed by atoms with E-state index in [-0.39, 0.29) is 16.7 Å². The average molecular weight is 306 g/mol. The Morgan fingerprint density at radius 2 is 1.95 bits per heavy atom. The zero-order valence-electron chi connectivity index (χ0n) is 13.2. The maximum atomic E-state index is 12.1. The second kappa shape index (κ2) is 6.84. The molecular formula is C17H26N2OS.